The van der Waals surface area contributed by atoms with Gasteiger partial charge in [0.2, 0.25) is 5.82 Å². The van der Waals surface area contributed by atoms with Crippen molar-refractivity contribution in [1.29, 1.82) is 0 Å². The average Bonchev–Trinajstić information content (AvgIpc) is 2.76. The molecule has 92 valence electrons. The van der Waals surface area contributed by atoms with Crippen LogP contribution in [0.3, 0.4) is 0 Å². The summed E-state index contributed by atoms with van der Waals surface area (Å²) in [5.74, 6) is -1.16. The SMILES string of the molecule is Cc1nc(C(=O)Nc2cncc(C(=O)O)c2)n[nH]1. The zero-order valence-electron chi connectivity index (χ0n) is 9.34. The lowest BCUT2D eigenvalue weighted by Gasteiger charge is -2.02. The van der Waals surface area contributed by atoms with Crippen molar-refractivity contribution in [2.45, 2.75) is 6.92 Å². The van der Waals surface area contributed by atoms with Gasteiger partial charge in [-0.05, 0) is 13.0 Å². The standard InChI is InChI=1S/C10H9N5O3/c1-5-12-8(15-14-5)9(16)13-7-2-6(10(17)18)3-11-4-7/h2-4H,1H3,(H,13,16)(H,17,18)(H,12,14,15). The van der Waals surface area contributed by atoms with Crippen LogP contribution >= 0.6 is 0 Å². The Kier molecular flexibility index (Phi) is 3.00. The van der Waals surface area contributed by atoms with Crippen LogP contribution in [0.1, 0.15) is 26.8 Å². The molecule has 2 aromatic rings. The van der Waals surface area contributed by atoms with Gasteiger partial charge in [0.1, 0.15) is 5.82 Å². The lowest BCUT2D eigenvalue weighted by Crippen LogP contribution is -2.14. The first kappa shape index (κ1) is 11.7. The van der Waals surface area contributed by atoms with Crippen LogP contribution in [-0.4, -0.2) is 37.1 Å². The van der Waals surface area contributed by atoms with Crippen LogP contribution in [0.5, 0.6) is 0 Å². The number of aryl methyl sites for hydroxylation is 1. The number of carboxylic acids is 1. The van der Waals surface area contributed by atoms with E-state index in [0.29, 0.717) is 5.82 Å². The van der Waals surface area contributed by atoms with Gasteiger partial charge < -0.3 is 10.4 Å². The first-order valence-electron chi connectivity index (χ1n) is 4.95. The summed E-state index contributed by atoms with van der Waals surface area (Å²) < 4.78 is 0. The highest BCUT2D eigenvalue weighted by Crippen LogP contribution is 2.09. The molecule has 2 rings (SSSR count). The van der Waals surface area contributed by atoms with E-state index < -0.39 is 11.9 Å². The summed E-state index contributed by atoms with van der Waals surface area (Å²) in [7, 11) is 0. The van der Waals surface area contributed by atoms with Gasteiger partial charge >= 0.3 is 5.97 Å². The van der Waals surface area contributed by atoms with Crippen LogP contribution in [0, 0.1) is 6.92 Å². The fourth-order valence-corrected chi connectivity index (χ4v) is 1.26. The Morgan fingerprint density at radius 2 is 2.17 bits per heavy atom. The molecule has 0 aliphatic carbocycles. The molecule has 3 N–H and O–H groups in total. The van der Waals surface area contributed by atoms with E-state index in [4.69, 9.17) is 5.11 Å². The van der Waals surface area contributed by atoms with Crippen molar-refractivity contribution >= 4 is 17.6 Å². The first-order valence-corrected chi connectivity index (χ1v) is 4.95. The van der Waals surface area contributed by atoms with Gasteiger partial charge in [-0.1, -0.05) is 0 Å². The van der Waals surface area contributed by atoms with Crippen LogP contribution in [0.2, 0.25) is 0 Å². The number of hydrogen-bond acceptors (Lipinski definition) is 5. The Morgan fingerprint density at radius 1 is 1.39 bits per heavy atom. The molecule has 0 spiro atoms. The highest BCUT2D eigenvalue weighted by molar-refractivity contribution is 6.02. The molecule has 8 nitrogen and oxygen atoms in total. The number of hydrogen-bond donors (Lipinski definition) is 3. The average molecular weight is 247 g/mol. The summed E-state index contributed by atoms with van der Waals surface area (Å²) in [5.41, 5.74) is 0.251. The second-order valence-electron chi connectivity index (χ2n) is 3.47. The van der Waals surface area contributed by atoms with E-state index in [-0.39, 0.29) is 17.1 Å². The molecule has 0 aliphatic rings. The summed E-state index contributed by atoms with van der Waals surface area (Å²) in [6, 6.07) is 1.30. The Balaban J connectivity index is 2.16. The Bertz CT molecular complexity index is 607. The molecule has 0 radical (unpaired) electrons. The highest BCUT2D eigenvalue weighted by Gasteiger charge is 2.12. The van der Waals surface area contributed by atoms with Gasteiger partial charge in [-0.15, -0.1) is 5.10 Å². The molecule has 0 saturated heterocycles. The molecule has 0 fully saturated rings. The predicted octanol–water partition coefficient (Wildman–Crippen LogP) is 0.459. The molecular weight excluding hydrogens is 238 g/mol. The molecule has 18 heavy (non-hydrogen) atoms. The number of nitrogens with one attached hydrogen (secondary N) is 2. The summed E-state index contributed by atoms with van der Waals surface area (Å²) >= 11 is 0. The van der Waals surface area contributed by atoms with Gasteiger partial charge in [-0.3, -0.25) is 14.9 Å². The van der Waals surface area contributed by atoms with Crippen molar-refractivity contribution in [3.63, 3.8) is 0 Å². The number of anilines is 1. The molecule has 0 saturated carbocycles. The van der Waals surface area contributed by atoms with Gasteiger partial charge in [0.05, 0.1) is 17.4 Å². The lowest BCUT2D eigenvalue weighted by molar-refractivity contribution is 0.0696. The van der Waals surface area contributed by atoms with Gasteiger partial charge in [0, 0.05) is 6.20 Å². The third-order valence-electron chi connectivity index (χ3n) is 2.04. The maximum atomic E-state index is 11.7. The van der Waals surface area contributed by atoms with Crippen LogP contribution in [-0.2, 0) is 0 Å². The monoisotopic (exact) mass is 247 g/mol. The smallest absolute Gasteiger partial charge is 0.337 e. The zero-order valence-corrected chi connectivity index (χ0v) is 9.34. The Hall–Kier alpha value is -2.77. The summed E-state index contributed by atoms with van der Waals surface area (Å²) in [5, 5.41) is 17.5. The van der Waals surface area contributed by atoms with E-state index >= 15 is 0 Å². The minimum Gasteiger partial charge on any atom is -0.478 e. The number of aromatic nitrogens is 4. The summed E-state index contributed by atoms with van der Waals surface area (Å²) in [6.45, 7) is 1.66. The molecular formula is C10H9N5O3. The van der Waals surface area contributed by atoms with Crippen LogP contribution in [0.4, 0.5) is 5.69 Å². The summed E-state index contributed by atoms with van der Waals surface area (Å²) in [6.07, 6.45) is 2.53. The van der Waals surface area contributed by atoms with Crippen LogP contribution in [0.25, 0.3) is 0 Å². The zero-order chi connectivity index (χ0) is 13.1. The van der Waals surface area contributed by atoms with Gasteiger partial charge in [-0.2, -0.15) is 0 Å². The summed E-state index contributed by atoms with van der Waals surface area (Å²) in [4.78, 5) is 30.0. The van der Waals surface area contributed by atoms with E-state index in [2.05, 4.69) is 25.5 Å². The molecule has 0 atom stereocenters. The normalized spacial score (nSPS) is 10.1. The number of amides is 1. The molecule has 2 aromatic heterocycles. The predicted molar refractivity (Wildman–Crippen MR) is 60.3 cm³/mol. The van der Waals surface area contributed by atoms with Gasteiger partial charge in [0.15, 0.2) is 0 Å². The van der Waals surface area contributed by atoms with E-state index in [1.807, 2.05) is 0 Å². The van der Waals surface area contributed by atoms with Crippen molar-refractivity contribution in [2.24, 2.45) is 0 Å². The number of nitrogens with zero attached hydrogens (tertiary/aromatic N) is 3. The number of carbonyl (C=O) groups excluding carboxylic acids is 1. The highest BCUT2D eigenvalue weighted by atomic mass is 16.4. The largest absolute Gasteiger partial charge is 0.478 e. The van der Waals surface area contributed by atoms with Crippen molar-refractivity contribution in [1.82, 2.24) is 20.2 Å². The van der Waals surface area contributed by atoms with Crippen LogP contribution < -0.4 is 5.32 Å². The van der Waals surface area contributed by atoms with E-state index in [0.717, 1.165) is 0 Å². The number of H-pyrrole nitrogens is 1. The van der Waals surface area contributed by atoms with E-state index in [1.165, 1.54) is 18.5 Å². The molecule has 2 heterocycles. The number of aromatic amines is 1. The maximum Gasteiger partial charge on any atom is 0.337 e. The minimum absolute atomic E-state index is 0.0148. The first-order chi connectivity index (χ1) is 8.56. The number of pyridine rings is 1. The van der Waals surface area contributed by atoms with Gasteiger partial charge in [-0.25, -0.2) is 9.78 Å². The van der Waals surface area contributed by atoms with Crippen molar-refractivity contribution in [2.75, 3.05) is 5.32 Å². The number of rotatable bonds is 3. The Morgan fingerprint density at radius 3 is 2.78 bits per heavy atom. The van der Waals surface area contributed by atoms with Crippen molar-refractivity contribution in [3.05, 3.63) is 35.7 Å². The molecule has 8 heteroatoms. The third-order valence-corrected chi connectivity index (χ3v) is 2.04. The molecule has 0 aromatic carbocycles. The number of carboxylic acid groups (broad SMARTS) is 1. The quantitative estimate of drug-likeness (QED) is 0.724. The molecule has 1 amide bonds. The third kappa shape index (κ3) is 2.48. The van der Waals surface area contributed by atoms with Crippen molar-refractivity contribution in [3.8, 4) is 0 Å². The van der Waals surface area contributed by atoms with E-state index in [9.17, 15) is 9.59 Å². The molecule has 0 aliphatic heterocycles. The molecule has 0 unspecified atom stereocenters. The minimum atomic E-state index is -1.12. The van der Waals surface area contributed by atoms with Gasteiger partial charge in [0.25, 0.3) is 5.91 Å². The Labute approximate surface area is 101 Å². The number of carbonyl (C=O) groups is 2. The number of aromatic carboxylic acids is 1. The maximum absolute atomic E-state index is 11.7. The topological polar surface area (TPSA) is 121 Å². The second kappa shape index (κ2) is 4.62. The lowest BCUT2D eigenvalue weighted by atomic mass is 10.2. The second-order valence-corrected chi connectivity index (χ2v) is 3.47. The molecule has 0 bridgehead atoms. The fraction of sp³-hybridized carbons (Fsp3) is 0.100. The fourth-order valence-electron chi connectivity index (χ4n) is 1.26. The van der Waals surface area contributed by atoms with Crippen molar-refractivity contribution < 1.29 is 14.7 Å². The van der Waals surface area contributed by atoms with E-state index in [1.54, 1.807) is 6.92 Å². The van der Waals surface area contributed by atoms with Crippen LogP contribution in [0.15, 0.2) is 18.5 Å².